The summed E-state index contributed by atoms with van der Waals surface area (Å²) in [6.07, 6.45) is 0. The first-order valence-electron chi connectivity index (χ1n) is 19.9. The Morgan fingerprint density at radius 1 is 0.386 bits per heavy atom. The van der Waals surface area contributed by atoms with Crippen molar-refractivity contribution < 1.29 is 0 Å². The average Bonchev–Trinajstić information content (AvgIpc) is 3.58. The van der Waals surface area contributed by atoms with Gasteiger partial charge in [-0.1, -0.05) is 146 Å². The third kappa shape index (κ3) is 5.33. The van der Waals surface area contributed by atoms with Crippen molar-refractivity contribution in [3.05, 3.63) is 185 Å². The van der Waals surface area contributed by atoms with Gasteiger partial charge in [0.25, 0.3) is 0 Å². The summed E-state index contributed by atoms with van der Waals surface area (Å²) in [5, 5.41) is 7.45. The summed E-state index contributed by atoms with van der Waals surface area (Å²) in [7, 11) is 0. The fraction of sp³-hybridized carbons (Fsp3) is 0.111. The molecule has 0 aliphatic heterocycles. The molecule has 10 aromatic rings. The van der Waals surface area contributed by atoms with Gasteiger partial charge in [0.1, 0.15) is 5.69 Å². The van der Waals surface area contributed by atoms with Crippen LogP contribution in [0.5, 0.6) is 0 Å². The van der Waals surface area contributed by atoms with Crippen LogP contribution in [0, 0.1) is 41.5 Å². The van der Waals surface area contributed by atoms with Crippen LogP contribution in [0.2, 0.25) is 0 Å². The van der Waals surface area contributed by atoms with Crippen molar-refractivity contribution >= 4 is 43.4 Å². The van der Waals surface area contributed by atoms with E-state index in [0.717, 1.165) is 45.1 Å². The minimum absolute atomic E-state index is 0.834. The van der Waals surface area contributed by atoms with E-state index in [9.17, 15) is 0 Å². The molecule has 0 bridgehead atoms. The highest BCUT2D eigenvalue weighted by molar-refractivity contribution is 6.26. The van der Waals surface area contributed by atoms with E-state index >= 15 is 0 Å². The molecule has 2 heterocycles. The van der Waals surface area contributed by atoms with Crippen LogP contribution >= 0.6 is 0 Å². The second-order valence-electron chi connectivity index (χ2n) is 15.5. The minimum atomic E-state index is 0.834. The summed E-state index contributed by atoms with van der Waals surface area (Å²) in [4.78, 5) is 11.4. The summed E-state index contributed by atoms with van der Waals surface area (Å²) in [5.74, 6) is 0.834. The van der Waals surface area contributed by atoms with Crippen LogP contribution in [0.15, 0.2) is 152 Å². The van der Waals surface area contributed by atoms with Crippen LogP contribution in [-0.2, 0) is 0 Å². The maximum Gasteiger partial charge on any atom is 0.164 e. The van der Waals surface area contributed by atoms with E-state index in [4.69, 9.17) is 9.97 Å². The topological polar surface area (TPSA) is 30.7 Å². The number of benzene rings is 8. The van der Waals surface area contributed by atoms with Gasteiger partial charge >= 0.3 is 0 Å². The number of hydrogen-bond donors (Lipinski definition) is 0. The molecule has 0 unspecified atom stereocenters. The Morgan fingerprint density at radius 2 is 0.982 bits per heavy atom. The van der Waals surface area contributed by atoms with Crippen molar-refractivity contribution in [3.8, 4) is 50.6 Å². The van der Waals surface area contributed by atoms with E-state index in [1.54, 1.807) is 0 Å². The first-order valence-corrected chi connectivity index (χ1v) is 19.9. The van der Waals surface area contributed by atoms with Crippen molar-refractivity contribution in [2.24, 2.45) is 0 Å². The molecule has 57 heavy (non-hydrogen) atoms. The molecule has 2 aromatic heterocycles. The van der Waals surface area contributed by atoms with Gasteiger partial charge in [0, 0.05) is 21.9 Å². The number of fused-ring (bicyclic) bond motifs is 6. The summed E-state index contributed by atoms with van der Waals surface area (Å²) in [6.45, 7) is 13.3. The number of aryl methyl sites for hydroxylation is 5. The van der Waals surface area contributed by atoms with Crippen molar-refractivity contribution in [1.29, 1.82) is 0 Å². The van der Waals surface area contributed by atoms with Gasteiger partial charge in [0.2, 0.25) is 0 Å². The van der Waals surface area contributed by atoms with Crippen molar-refractivity contribution in [3.63, 3.8) is 0 Å². The van der Waals surface area contributed by atoms with Crippen LogP contribution in [0.1, 0.15) is 33.5 Å². The van der Waals surface area contributed by atoms with Gasteiger partial charge in [-0.15, -0.1) is 0 Å². The van der Waals surface area contributed by atoms with Crippen molar-refractivity contribution in [2.45, 2.75) is 41.5 Å². The highest BCUT2D eigenvalue weighted by atomic mass is 15.1. The van der Waals surface area contributed by atoms with Gasteiger partial charge in [-0.2, -0.15) is 0 Å². The number of nitrogens with zero attached hydrogens (tertiary/aromatic N) is 3. The smallest absolute Gasteiger partial charge is 0.164 e. The number of rotatable bonds is 5. The lowest BCUT2D eigenvalue weighted by molar-refractivity contribution is 1.01. The Balaban J connectivity index is 1.37. The highest BCUT2D eigenvalue weighted by Crippen LogP contribution is 2.47. The predicted molar refractivity (Wildman–Crippen MR) is 242 cm³/mol. The van der Waals surface area contributed by atoms with Crippen LogP contribution in [0.25, 0.3) is 93.9 Å². The van der Waals surface area contributed by atoms with Crippen molar-refractivity contribution in [2.75, 3.05) is 0 Å². The molecule has 0 saturated heterocycles. The maximum atomic E-state index is 5.70. The lowest BCUT2D eigenvalue weighted by atomic mass is 9.87. The first kappa shape index (κ1) is 34.6. The zero-order chi connectivity index (χ0) is 38.9. The second-order valence-corrected chi connectivity index (χ2v) is 15.5. The molecule has 3 nitrogen and oxygen atoms in total. The summed E-state index contributed by atoms with van der Waals surface area (Å²) in [6, 6.07) is 54.9. The van der Waals surface area contributed by atoms with Gasteiger partial charge in [-0.3, -0.25) is 4.57 Å². The molecule has 0 radical (unpaired) electrons. The second kappa shape index (κ2) is 13.4. The van der Waals surface area contributed by atoms with Crippen LogP contribution in [-0.4, -0.2) is 14.5 Å². The molecule has 0 aliphatic carbocycles. The highest BCUT2D eigenvalue weighted by Gasteiger charge is 2.27. The third-order valence-electron chi connectivity index (χ3n) is 12.2. The predicted octanol–water partition coefficient (Wildman–Crippen LogP) is 14.4. The van der Waals surface area contributed by atoms with Crippen LogP contribution < -0.4 is 0 Å². The van der Waals surface area contributed by atoms with E-state index in [0.29, 0.717) is 0 Å². The fourth-order valence-electron chi connectivity index (χ4n) is 9.37. The number of hydrogen-bond acceptors (Lipinski definition) is 2. The largest absolute Gasteiger partial charge is 0.292 e. The molecule has 3 heteroatoms. The zero-order valence-corrected chi connectivity index (χ0v) is 33.3. The minimum Gasteiger partial charge on any atom is -0.292 e. The van der Waals surface area contributed by atoms with Gasteiger partial charge in [-0.05, 0) is 119 Å². The van der Waals surface area contributed by atoms with E-state index in [2.05, 4.69) is 198 Å². The normalized spacial score (nSPS) is 11.7. The summed E-state index contributed by atoms with van der Waals surface area (Å²) < 4.78 is 2.42. The van der Waals surface area contributed by atoms with E-state index in [-0.39, 0.29) is 0 Å². The molecule has 0 saturated carbocycles. The molecule has 0 aliphatic rings. The van der Waals surface area contributed by atoms with Gasteiger partial charge in [0.15, 0.2) is 5.82 Å². The van der Waals surface area contributed by atoms with Gasteiger partial charge in [-0.25, -0.2) is 9.97 Å². The number of aromatic nitrogens is 3. The molecule has 0 atom stereocenters. The van der Waals surface area contributed by atoms with Crippen LogP contribution in [0.3, 0.4) is 0 Å². The molecular formula is C54H43N3. The van der Waals surface area contributed by atoms with Gasteiger partial charge in [0.05, 0.1) is 22.4 Å². The number of para-hydroxylation sites is 1. The molecule has 0 fully saturated rings. The first-order chi connectivity index (χ1) is 27.8. The Morgan fingerprint density at radius 3 is 1.74 bits per heavy atom. The average molecular weight is 734 g/mol. The molecule has 0 N–H and O–H groups in total. The fourth-order valence-corrected chi connectivity index (χ4v) is 9.37. The Labute approximate surface area is 333 Å². The lowest BCUT2D eigenvalue weighted by Gasteiger charge is -2.21. The third-order valence-corrected chi connectivity index (χ3v) is 12.2. The Kier molecular flexibility index (Phi) is 8.16. The quantitative estimate of drug-likeness (QED) is 0.176. The molecule has 0 amide bonds. The molecular weight excluding hydrogens is 691 g/mol. The summed E-state index contributed by atoms with van der Waals surface area (Å²) >= 11 is 0. The molecule has 10 rings (SSSR count). The molecule has 274 valence electrons. The Bertz CT molecular complexity index is 3250. The Hall–Kier alpha value is -6.84. The SMILES string of the molecule is Cc1ccccc1-c1cccc(-c2nc(-c3ccccc3C)c(C)nc2-n2c3ccccc3c3c4ccccc4c(-c4ccc5ccccc5c4C)c(C)c32)c1C. The molecule has 0 spiro atoms. The van der Waals surface area contributed by atoms with E-state index < -0.39 is 0 Å². The lowest BCUT2D eigenvalue weighted by Crippen LogP contribution is -2.08. The van der Waals surface area contributed by atoms with E-state index in [1.807, 2.05) is 0 Å². The standard InChI is InChI=1S/C54H43N3/c1-32-18-7-10-21-39(32)42-27-17-28-44(35(42)4)52-54(55-37(6)51(56-52)40-22-11-8-19-33(40)2)57-48-29-16-15-26-47(48)50-46-25-14-13-24-45(46)49(36(5)53(50)57)43-31-30-38-20-9-12-23-41(38)34(43)3/h7-31H,1-6H3. The molecule has 8 aromatic carbocycles. The van der Waals surface area contributed by atoms with Gasteiger partial charge < -0.3 is 0 Å². The summed E-state index contributed by atoms with van der Waals surface area (Å²) in [5.41, 5.74) is 18.1. The monoisotopic (exact) mass is 733 g/mol. The maximum absolute atomic E-state index is 5.70. The van der Waals surface area contributed by atoms with E-state index in [1.165, 1.54) is 82.4 Å². The zero-order valence-electron chi connectivity index (χ0n) is 33.3. The van der Waals surface area contributed by atoms with Crippen molar-refractivity contribution in [1.82, 2.24) is 14.5 Å². The van der Waals surface area contributed by atoms with Crippen LogP contribution in [0.4, 0.5) is 0 Å².